The van der Waals surface area contributed by atoms with Gasteiger partial charge in [-0.15, -0.1) is 10.1 Å². The van der Waals surface area contributed by atoms with Crippen LogP contribution in [0.25, 0.3) is 0 Å². The third kappa shape index (κ3) is 3.06. The molecular weight excluding hydrogens is 218 g/mol. The van der Waals surface area contributed by atoms with E-state index < -0.39 is 17.3 Å². The highest BCUT2D eigenvalue weighted by Crippen LogP contribution is 2.29. The predicted octanol–water partition coefficient (Wildman–Crippen LogP) is 0.551. The smallest absolute Gasteiger partial charge is 0.308 e. The van der Waals surface area contributed by atoms with Gasteiger partial charge in [-0.3, -0.25) is 4.79 Å². The fourth-order valence-corrected chi connectivity index (χ4v) is 1.96. The van der Waals surface area contributed by atoms with E-state index in [9.17, 15) is 14.9 Å². The van der Waals surface area contributed by atoms with E-state index in [2.05, 4.69) is 9.57 Å². The Hall–Kier alpha value is -1.37. The van der Waals surface area contributed by atoms with Gasteiger partial charge in [-0.1, -0.05) is 0 Å². The molecule has 0 spiro atoms. The molecule has 7 nitrogen and oxygen atoms in total. The molecule has 0 radical (unpaired) electrons. The molecule has 1 aliphatic carbocycles. The molecule has 0 aromatic heterocycles. The van der Waals surface area contributed by atoms with Crippen molar-refractivity contribution >= 4 is 5.97 Å². The lowest BCUT2D eigenvalue weighted by molar-refractivity contribution is -0.771. The van der Waals surface area contributed by atoms with Crippen molar-refractivity contribution in [2.45, 2.75) is 31.5 Å². The van der Waals surface area contributed by atoms with Gasteiger partial charge in [-0.25, -0.2) is 0 Å². The summed E-state index contributed by atoms with van der Waals surface area (Å²) in [4.78, 5) is 26.0. The summed E-state index contributed by atoms with van der Waals surface area (Å²) in [6.45, 7) is 0. The number of hydrogen-bond donors (Lipinski definition) is 0. The number of carbonyl (C=O) groups excluding carboxylic acids is 1. The Balaban J connectivity index is 2.56. The van der Waals surface area contributed by atoms with Crippen LogP contribution in [0, 0.1) is 16.0 Å². The van der Waals surface area contributed by atoms with Crippen molar-refractivity contribution in [2.24, 2.45) is 5.92 Å². The minimum atomic E-state index is -0.824. The Morgan fingerprint density at radius 3 is 2.50 bits per heavy atom. The molecule has 0 bridgehead atoms. The van der Waals surface area contributed by atoms with E-state index in [4.69, 9.17) is 4.74 Å². The summed E-state index contributed by atoms with van der Waals surface area (Å²) in [7, 11) is 2.77. The minimum Gasteiger partial charge on any atom is -0.469 e. The molecule has 0 unspecified atom stereocenters. The number of methoxy groups -OCH3 is 2. The first-order valence-corrected chi connectivity index (χ1v) is 5.00. The number of carbonyl (C=O) groups is 1. The summed E-state index contributed by atoms with van der Waals surface area (Å²) in [5, 5.41) is 9.41. The molecule has 0 heterocycles. The fraction of sp³-hybridized carbons (Fsp3) is 0.889. The van der Waals surface area contributed by atoms with Crippen LogP contribution in [-0.4, -0.2) is 37.5 Å². The van der Waals surface area contributed by atoms with Crippen molar-refractivity contribution in [3.05, 3.63) is 10.1 Å². The Kier molecular flexibility index (Phi) is 4.48. The molecule has 1 aliphatic rings. The molecule has 0 aliphatic heterocycles. The molecule has 3 atom stereocenters. The first-order valence-electron chi connectivity index (χ1n) is 5.00. The van der Waals surface area contributed by atoms with Gasteiger partial charge in [0.2, 0.25) is 0 Å². The molecule has 0 N–H and O–H groups in total. The van der Waals surface area contributed by atoms with Crippen molar-refractivity contribution in [3.63, 3.8) is 0 Å². The average molecular weight is 233 g/mol. The Morgan fingerprint density at radius 1 is 1.31 bits per heavy atom. The van der Waals surface area contributed by atoms with E-state index in [1.165, 1.54) is 14.2 Å². The molecule has 92 valence electrons. The molecule has 16 heavy (non-hydrogen) atoms. The monoisotopic (exact) mass is 233 g/mol. The maximum absolute atomic E-state index is 11.3. The zero-order valence-corrected chi connectivity index (χ0v) is 9.25. The topological polar surface area (TPSA) is 87.9 Å². The molecule has 0 aromatic rings. The summed E-state index contributed by atoms with van der Waals surface area (Å²) in [6, 6.07) is 0. The number of esters is 1. The summed E-state index contributed by atoms with van der Waals surface area (Å²) in [5.41, 5.74) is 0. The largest absolute Gasteiger partial charge is 0.469 e. The first-order chi connectivity index (χ1) is 7.58. The average Bonchev–Trinajstić information content (AvgIpc) is 2.27. The zero-order chi connectivity index (χ0) is 12.1. The van der Waals surface area contributed by atoms with Gasteiger partial charge in [-0.2, -0.15) is 0 Å². The summed E-state index contributed by atoms with van der Waals surface area (Å²) in [6.07, 6.45) is 0.288. The summed E-state index contributed by atoms with van der Waals surface area (Å²) < 4.78 is 9.72. The quantitative estimate of drug-likeness (QED) is 0.400. The SMILES string of the molecule is COC(=O)[C@H]1CC[C@H](O[N+](=O)[O-])[C@@H](OC)C1. The van der Waals surface area contributed by atoms with Gasteiger partial charge in [-0.05, 0) is 19.3 Å². The zero-order valence-electron chi connectivity index (χ0n) is 9.25. The summed E-state index contributed by atoms with van der Waals surface area (Å²) >= 11 is 0. The van der Waals surface area contributed by atoms with E-state index in [1.807, 2.05) is 0 Å². The van der Waals surface area contributed by atoms with E-state index in [-0.39, 0.29) is 11.9 Å². The Morgan fingerprint density at radius 2 is 2.00 bits per heavy atom. The second kappa shape index (κ2) is 5.64. The lowest BCUT2D eigenvalue weighted by atomic mass is 9.85. The predicted molar refractivity (Wildman–Crippen MR) is 52.0 cm³/mol. The van der Waals surface area contributed by atoms with Gasteiger partial charge >= 0.3 is 5.97 Å². The van der Waals surface area contributed by atoms with E-state index in [1.54, 1.807) is 0 Å². The van der Waals surface area contributed by atoms with Crippen molar-refractivity contribution in [3.8, 4) is 0 Å². The van der Waals surface area contributed by atoms with Crippen LogP contribution in [0.1, 0.15) is 19.3 Å². The molecule has 0 amide bonds. The second-order valence-electron chi connectivity index (χ2n) is 3.67. The third-order valence-corrected chi connectivity index (χ3v) is 2.79. The van der Waals surface area contributed by atoms with Crippen LogP contribution in [0.15, 0.2) is 0 Å². The number of nitrogens with zero attached hydrogens (tertiary/aromatic N) is 1. The number of rotatable bonds is 4. The van der Waals surface area contributed by atoms with Gasteiger partial charge < -0.3 is 14.3 Å². The van der Waals surface area contributed by atoms with Crippen LogP contribution in [0.3, 0.4) is 0 Å². The third-order valence-electron chi connectivity index (χ3n) is 2.79. The normalized spacial score (nSPS) is 29.5. The number of ether oxygens (including phenoxy) is 2. The highest BCUT2D eigenvalue weighted by Gasteiger charge is 2.36. The van der Waals surface area contributed by atoms with E-state index >= 15 is 0 Å². The highest BCUT2D eigenvalue weighted by molar-refractivity contribution is 5.72. The molecule has 7 heteroatoms. The summed E-state index contributed by atoms with van der Waals surface area (Å²) in [5.74, 6) is -0.567. The maximum atomic E-state index is 11.3. The van der Waals surface area contributed by atoms with Gasteiger partial charge in [0, 0.05) is 7.11 Å². The second-order valence-corrected chi connectivity index (χ2v) is 3.67. The fourth-order valence-electron chi connectivity index (χ4n) is 1.96. The standard InChI is InChI=1S/C9H15NO6/c1-14-8-5-6(9(11)15-2)3-4-7(8)16-10(12)13/h6-8H,3-5H2,1-2H3/t6-,7-,8-/m0/s1. The van der Waals surface area contributed by atoms with Crippen LogP contribution in [0.4, 0.5) is 0 Å². The Bertz CT molecular complexity index is 269. The number of hydrogen-bond acceptors (Lipinski definition) is 6. The van der Waals surface area contributed by atoms with Gasteiger partial charge in [0.15, 0.2) is 0 Å². The van der Waals surface area contributed by atoms with Crippen molar-refractivity contribution in [1.29, 1.82) is 0 Å². The van der Waals surface area contributed by atoms with Crippen LogP contribution in [-0.2, 0) is 19.1 Å². The van der Waals surface area contributed by atoms with Crippen LogP contribution in [0.5, 0.6) is 0 Å². The molecule has 1 fully saturated rings. The van der Waals surface area contributed by atoms with Crippen molar-refractivity contribution < 1.29 is 24.2 Å². The molecule has 1 saturated carbocycles. The van der Waals surface area contributed by atoms with Gasteiger partial charge in [0.1, 0.15) is 6.10 Å². The molecule has 0 aromatic carbocycles. The maximum Gasteiger partial charge on any atom is 0.308 e. The van der Waals surface area contributed by atoms with Crippen LogP contribution >= 0.6 is 0 Å². The molecular formula is C9H15NO6. The lowest BCUT2D eigenvalue weighted by Crippen LogP contribution is -2.40. The minimum absolute atomic E-state index is 0.262. The molecule has 0 saturated heterocycles. The van der Waals surface area contributed by atoms with Crippen LogP contribution in [0.2, 0.25) is 0 Å². The van der Waals surface area contributed by atoms with Crippen molar-refractivity contribution in [1.82, 2.24) is 0 Å². The van der Waals surface area contributed by atoms with E-state index in [0.29, 0.717) is 19.3 Å². The van der Waals surface area contributed by atoms with Crippen LogP contribution < -0.4 is 0 Å². The van der Waals surface area contributed by atoms with E-state index in [0.717, 1.165) is 0 Å². The first kappa shape index (κ1) is 12.7. The lowest BCUT2D eigenvalue weighted by Gasteiger charge is -2.32. The van der Waals surface area contributed by atoms with Crippen molar-refractivity contribution in [2.75, 3.05) is 14.2 Å². The van der Waals surface area contributed by atoms with Gasteiger partial charge in [0.05, 0.1) is 19.1 Å². The molecule has 1 rings (SSSR count). The van der Waals surface area contributed by atoms with Gasteiger partial charge in [0.25, 0.3) is 5.09 Å². The highest BCUT2D eigenvalue weighted by atomic mass is 17.0. The Labute approximate surface area is 92.8 Å².